The fraction of sp³-hybridized carbons (Fsp3) is 0.125. The predicted octanol–water partition coefficient (Wildman–Crippen LogP) is 5.41. The lowest BCUT2D eigenvalue weighted by Gasteiger charge is -2.07. The number of fused-ring (bicyclic) bond motifs is 1. The van der Waals surface area contributed by atoms with E-state index in [2.05, 4.69) is 6.58 Å². The standard InChI is InChI=1S/C16H14F2/c1-2-3-8-15(16(17)18)14-10-9-12-6-4-5-7-13(12)11-14/h2,4-7,9-11H,1,3,8H2. The molecule has 0 amide bonds. The zero-order chi connectivity index (χ0) is 13.0. The van der Waals surface area contributed by atoms with Crippen molar-refractivity contribution in [1.82, 2.24) is 0 Å². The SMILES string of the molecule is C=CCCC(=C(F)F)c1ccc2ccccc2c1. The minimum Gasteiger partial charge on any atom is -0.173 e. The van der Waals surface area contributed by atoms with Crippen LogP contribution in [-0.2, 0) is 0 Å². The van der Waals surface area contributed by atoms with E-state index in [0.717, 1.165) is 10.8 Å². The summed E-state index contributed by atoms with van der Waals surface area (Å²) in [6.45, 7) is 3.57. The van der Waals surface area contributed by atoms with Crippen LogP contribution in [-0.4, -0.2) is 0 Å². The maximum Gasteiger partial charge on any atom is 0.274 e. The van der Waals surface area contributed by atoms with Crippen LogP contribution >= 0.6 is 0 Å². The van der Waals surface area contributed by atoms with Crippen molar-refractivity contribution < 1.29 is 8.78 Å². The fourth-order valence-corrected chi connectivity index (χ4v) is 1.97. The third-order valence-corrected chi connectivity index (χ3v) is 2.92. The van der Waals surface area contributed by atoms with Crippen LogP contribution in [0.25, 0.3) is 16.3 Å². The summed E-state index contributed by atoms with van der Waals surface area (Å²) in [5.41, 5.74) is 0.705. The highest BCUT2D eigenvalue weighted by Crippen LogP contribution is 2.28. The van der Waals surface area contributed by atoms with Crippen molar-refractivity contribution in [2.24, 2.45) is 0 Å². The number of hydrogen-bond donors (Lipinski definition) is 0. The van der Waals surface area contributed by atoms with Gasteiger partial charge in [0.25, 0.3) is 6.08 Å². The maximum absolute atomic E-state index is 13.0. The van der Waals surface area contributed by atoms with Crippen LogP contribution in [0, 0.1) is 0 Å². The fourth-order valence-electron chi connectivity index (χ4n) is 1.97. The summed E-state index contributed by atoms with van der Waals surface area (Å²) >= 11 is 0. The second kappa shape index (κ2) is 5.58. The van der Waals surface area contributed by atoms with Crippen LogP contribution in [0.5, 0.6) is 0 Å². The molecule has 0 unspecified atom stereocenters. The van der Waals surface area contributed by atoms with Crippen molar-refractivity contribution in [3.63, 3.8) is 0 Å². The molecular formula is C16H14F2. The normalized spacial score (nSPS) is 10.3. The van der Waals surface area contributed by atoms with Crippen molar-refractivity contribution in [2.45, 2.75) is 12.8 Å². The third kappa shape index (κ3) is 2.65. The molecule has 0 aliphatic rings. The number of hydrogen-bond acceptors (Lipinski definition) is 0. The second-order valence-corrected chi connectivity index (χ2v) is 4.13. The molecule has 0 radical (unpaired) electrons. The van der Waals surface area contributed by atoms with Gasteiger partial charge >= 0.3 is 0 Å². The molecule has 0 saturated carbocycles. The Balaban J connectivity index is 2.45. The van der Waals surface area contributed by atoms with E-state index < -0.39 is 6.08 Å². The van der Waals surface area contributed by atoms with Crippen LogP contribution in [0.1, 0.15) is 18.4 Å². The third-order valence-electron chi connectivity index (χ3n) is 2.92. The molecule has 0 aliphatic heterocycles. The number of halogens is 2. The molecule has 0 aromatic heterocycles. The van der Waals surface area contributed by atoms with Gasteiger partial charge in [0.2, 0.25) is 0 Å². The molecule has 0 N–H and O–H groups in total. The van der Waals surface area contributed by atoms with Gasteiger partial charge in [-0.3, -0.25) is 0 Å². The summed E-state index contributed by atoms with van der Waals surface area (Å²) < 4.78 is 25.9. The maximum atomic E-state index is 13.0. The Morgan fingerprint density at radius 1 is 1.06 bits per heavy atom. The molecule has 0 bridgehead atoms. The van der Waals surface area contributed by atoms with Crippen molar-refractivity contribution >= 4 is 16.3 Å². The average Bonchev–Trinajstić information content (AvgIpc) is 2.38. The summed E-state index contributed by atoms with van der Waals surface area (Å²) in [5, 5.41) is 2.04. The highest BCUT2D eigenvalue weighted by molar-refractivity contribution is 5.86. The number of rotatable bonds is 4. The summed E-state index contributed by atoms with van der Waals surface area (Å²) in [4.78, 5) is 0. The topological polar surface area (TPSA) is 0 Å². The molecule has 2 heteroatoms. The van der Waals surface area contributed by atoms with Gasteiger partial charge in [0, 0.05) is 5.57 Å². The van der Waals surface area contributed by atoms with Gasteiger partial charge in [0.05, 0.1) is 0 Å². The van der Waals surface area contributed by atoms with Crippen molar-refractivity contribution in [3.05, 3.63) is 66.8 Å². The van der Waals surface area contributed by atoms with Crippen LogP contribution in [0.4, 0.5) is 8.78 Å². The van der Waals surface area contributed by atoms with Gasteiger partial charge in [0.1, 0.15) is 0 Å². The molecule has 0 fully saturated rings. The van der Waals surface area contributed by atoms with Crippen molar-refractivity contribution in [2.75, 3.05) is 0 Å². The Hall–Kier alpha value is -1.96. The van der Waals surface area contributed by atoms with E-state index in [9.17, 15) is 8.78 Å². The van der Waals surface area contributed by atoms with Crippen molar-refractivity contribution in [1.29, 1.82) is 0 Å². The van der Waals surface area contributed by atoms with E-state index in [0.29, 0.717) is 18.4 Å². The summed E-state index contributed by atoms with van der Waals surface area (Å²) in [7, 11) is 0. The minimum absolute atomic E-state index is 0.112. The van der Waals surface area contributed by atoms with Crippen LogP contribution < -0.4 is 0 Å². The van der Waals surface area contributed by atoms with Gasteiger partial charge in [-0.25, -0.2) is 0 Å². The number of benzene rings is 2. The molecular weight excluding hydrogens is 230 g/mol. The zero-order valence-electron chi connectivity index (χ0n) is 10.00. The van der Waals surface area contributed by atoms with Gasteiger partial charge in [-0.1, -0.05) is 42.5 Å². The van der Waals surface area contributed by atoms with Gasteiger partial charge in [0.15, 0.2) is 0 Å². The Labute approximate surface area is 105 Å². The van der Waals surface area contributed by atoms with Crippen LogP contribution in [0.15, 0.2) is 61.2 Å². The molecule has 18 heavy (non-hydrogen) atoms. The number of allylic oxidation sites excluding steroid dienone is 2. The Bertz CT molecular complexity index is 593. The zero-order valence-corrected chi connectivity index (χ0v) is 10.00. The Morgan fingerprint density at radius 2 is 1.78 bits per heavy atom. The summed E-state index contributed by atoms with van der Waals surface area (Å²) in [6.07, 6.45) is 0.931. The average molecular weight is 244 g/mol. The lowest BCUT2D eigenvalue weighted by atomic mass is 9.99. The van der Waals surface area contributed by atoms with Crippen molar-refractivity contribution in [3.8, 4) is 0 Å². The molecule has 0 nitrogen and oxygen atoms in total. The monoisotopic (exact) mass is 244 g/mol. The van der Waals surface area contributed by atoms with Gasteiger partial charge in [-0.2, -0.15) is 8.78 Å². The molecule has 0 saturated heterocycles. The quantitative estimate of drug-likeness (QED) is 0.630. The molecule has 0 aliphatic carbocycles. The highest BCUT2D eigenvalue weighted by Gasteiger charge is 2.09. The molecule has 92 valence electrons. The molecule has 2 aromatic rings. The lowest BCUT2D eigenvalue weighted by Crippen LogP contribution is -1.87. The summed E-state index contributed by atoms with van der Waals surface area (Å²) in [6, 6.07) is 13.2. The smallest absolute Gasteiger partial charge is 0.173 e. The second-order valence-electron chi connectivity index (χ2n) is 4.13. The van der Waals surface area contributed by atoms with Crippen LogP contribution in [0.3, 0.4) is 0 Å². The van der Waals surface area contributed by atoms with Gasteiger partial charge in [-0.15, -0.1) is 6.58 Å². The van der Waals surface area contributed by atoms with E-state index in [4.69, 9.17) is 0 Å². The first-order chi connectivity index (χ1) is 8.72. The Kier molecular flexibility index (Phi) is 3.88. The molecule has 0 atom stereocenters. The first-order valence-electron chi connectivity index (χ1n) is 5.86. The summed E-state index contributed by atoms with van der Waals surface area (Å²) in [5.74, 6) is 0. The first-order valence-corrected chi connectivity index (χ1v) is 5.86. The molecule has 0 heterocycles. The first kappa shape index (κ1) is 12.5. The van der Waals surface area contributed by atoms with E-state index in [1.165, 1.54) is 0 Å². The minimum atomic E-state index is -1.60. The molecule has 2 aromatic carbocycles. The van der Waals surface area contributed by atoms with E-state index in [1.54, 1.807) is 12.1 Å². The largest absolute Gasteiger partial charge is 0.274 e. The molecule has 2 rings (SSSR count). The lowest BCUT2D eigenvalue weighted by molar-refractivity contribution is 0.423. The van der Waals surface area contributed by atoms with E-state index in [-0.39, 0.29) is 5.57 Å². The van der Waals surface area contributed by atoms with Crippen LogP contribution in [0.2, 0.25) is 0 Å². The van der Waals surface area contributed by atoms with E-state index in [1.807, 2.05) is 36.4 Å². The Morgan fingerprint density at radius 3 is 2.44 bits per heavy atom. The van der Waals surface area contributed by atoms with E-state index >= 15 is 0 Å². The highest BCUT2D eigenvalue weighted by atomic mass is 19.3. The van der Waals surface area contributed by atoms with Gasteiger partial charge < -0.3 is 0 Å². The van der Waals surface area contributed by atoms with Gasteiger partial charge in [-0.05, 0) is 35.2 Å². The molecule has 0 spiro atoms. The predicted molar refractivity (Wildman–Crippen MR) is 72.5 cm³/mol.